The summed E-state index contributed by atoms with van der Waals surface area (Å²) in [5, 5.41) is 12.6. The van der Waals surface area contributed by atoms with Gasteiger partial charge in [-0.2, -0.15) is 0 Å². The molecule has 450 valence electrons. The number of aromatic nitrogens is 2. The van der Waals surface area contributed by atoms with Crippen LogP contribution < -0.4 is 0 Å². The predicted molar refractivity (Wildman–Crippen MR) is 371 cm³/mol. The van der Waals surface area contributed by atoms with Gasteiger partial charge in [-0.15, -0.1) is 0 Å². The molecule has 2 nitrogen and oxygen atoms in total. The van der Waals surface area contributed by atoms with Crippen molar-refractivity contribution in [2.45, 2.75) is 157 Å². The Morgan fingerprint density at radius 1 is 0.264 bits per heavy atom. The number of hydrogen-bond acceptors (Lipinski definition) is 2. The molecule has 0 spiro atoms. The number of hydrogen-bond donors (Lipinski definition) is 0. The fourth-order valence-corrected chi connectivity index (χ4v) is 10.9. The molecule has 0 fully saturated rings. The Kier molecular flexibility index (Phi) is 20.8. The molecular formula is C82H91F3N2. The molecule has 0 radical (unpaired) electrons. The van der Waals surface area contributed by atoms with Crippen molar-refractivity contribution >= 4 is 64.8 Å². The van der Waals surface area contributed by atoms with Gasteiger partial charge in [-0.1, -0.05) is 288 Å². The largest absolute Gasteiger partial charge is 0.264 e. The van der Waals surface area contributed by atoms with E-state index in [2.05, 4.69) is 250 Å². The molecule has 0 N–H and O–H groups in total. The van der Waals surface area contributed by atoms with Gasteiger partial charge in [0.2, 0.25) is 0 Å². The van der Waals surface area contributed by atoms with Gasteiger partial charge in [0.15, 0.2) is 0 Å². The Balaban J connectivity index is 0.000000149. The molecular weight excluding hydrogens is 1070 g/mol. The van der Waals surface area contributed by atoms with Gasteiger partial charge in [-0.25, -0.2) is 13.2 Å². The highest BCUT2D eigenvalue weighted by Crippen LogP contribution is 2.35. The quantitative estimate of drug-likeness (QED) is 0.151. The molecule has 0 amide bonds. The van der Waals surface area contributed by atoms with E-state index < -0.39 is 0 Å². The van der Waals surface area contributed by atoms with Gasteiger partial charge in [0, 0.05) is 34.7 Å². The average molecular weight is 1160 g/mol. The lowest BCUT2D eigenvalue weighted by atomic mass is 9.83. The minimum atomic E-state index is -0.194. The fraction of sp³-hybridized carbons (Fsp3) is 0.293. The summed E-state index contributed by atoms with van der Waals surface area (Å²) in [4.78, 5) is 8.46. The number of fused-ring (bicyclic) bond motifs is 6. The molecule has 87 heavy (non-hydrogen) atoms. The summed E-state index contributed by atoms with van der Waals surface area (Å²) in [6, 6.07) is 67.8. The molecule has 12 aromatic rings. The van der Waals surface area contributed by atoms with Crippen LogP contribution in [0, 0.1) is 17.5 Å². The van der Waals surface area contributed by atoms with Crippen LogP contribution in [-0.4, -0.2) is 9.97 Å². The van der Waals surface area contributed by atoms with Crippen LogP contribution >= 0.6 is 0 Å². The van der Waals surface area contributed by atoms with Crippen molar-refractivity contribution in [2.75, 3.05) is 0 Å². The summed E-state index contributed by atoms with van der Waals surface area (Å²) in [6.07, 6.45) is 5.53. The third-order valence-corrected chi connectivity index (χ3v) is 15.5. The lowest BCUT2D eigenvalue weighted by molar-refractivity contribution is 0.577. The van der Waals surface area contributed by atoms with Crippen LogP contribution in [0.5, 0.6) is 0 Å². The van der Waals surface area contributed by atoms with Crippen molar-refractivity contribution in [2.24, 2.45) is 0 Å². The van der Waals surface area contributed by atoms with E-state index in [1.807, 2.05) is 73.1 Å². The van der Waals surface area contributed by atoms with Crippen LogP contribution in [0.2, 0.25) is 0 Å². The first-order valence-electron chi connectivity index (χ1n) is 30.4. The SMILES string of the molecule is CC(C)(C)c1cc(F)cc2cccnc12.CC(C)(C)c1ccc(F)c2ccccc12.CC(C)(C)c1ccc2ccccc2c1.CC(C)(C)c1cccc2ccc(F)cc12.CC(C)(C)c1cccc2ccccc12.CC(C)(C)c1cccc2cnccc12. The molecule has 2 heterocycles. The molecule has 0 aliphatic heterocycles. The second-order valence-electron chi connectivity index (χ2n) is 28.8. The zero-order valence-corrected chi connectivity index (χ0v) is 54.9. The van der Waals surface area contributed by atoms with Crippen molar-refractivity contribution in [3.8, 4) is 0 Å². The standard InChI is InChI=1S/2C14H15F.2C14H16.C13H14FN.C13H15N/c1-14(2,3)13-6-4-5-10-7-8-11(15)9-12(10)13;1-14(2,3)12-8-9-13(15)11-7-5-4-6-10(11)12;1-14(2,3)13-10-6-8-11-7-4-5-9-12(11)13;1-14(2,3)13-9-8-11-6-4-5-7-12(11)10-13;1-13(2,3)11-8-10(14)7-9-5-4-6-15-12(9)11;1-13(2,3)12-6-4-5-10-9-14-8-7-11(10)12/h2*4-9H,1-3H3;2*4-10H,1-3H3;4-8H,1-3H3;4-9H,1-3H3. The van der Waals surface area contributed by atoms with E-state index >= 15 is 0 Å². The van der Waals surface area contributed by atoms with Gasteiger partial charge >= 0.3 is 0 Å². The van der Waals surface area contributed by atoms with E-state index in [1.165, 1.54) is 72.3 Å². The Morgan fingerprint density at radius 2 is 0.713 bits per heavy atom. The Hall–Kier alpha value is -8.15. The number of nitrogens with zero attached hydrogens (tertiary/aromatic N) is 2. The van der Waals surface area contributed by atoms with Crippen molar-refractivity contribution < 1.29 is 13.2 Å². The maximum absolute atomic E-state index is 13.6. The predicted octanol–water partition coefficient (Wildman–Crippen LogP) is 24.0. The van der Waals surface area contributed by atoms with E-state index in [4.69, 9.17) is 0 Å². The second-order valence-corrected chi connectivity index (χ2v) is 28.8. The van der Waals surface area contributed by atoms with Gasteiger partial charge in [-0.05, 0) is 151 Å². The molecule has 0 aliphatic carbocycles. The third-order valence-electron chi connectivity index (χ3n) is 15.5. The first-order valence-corrected chi connectivity index (χ1v) is 30.4. The Bertz CT molecular complexity index is 4140. The molecule has 12 rings (SSSR count). The van der Waals surface area contributed by atoms with Gasteiger partial charge in [0.25, 0.3) is 0 Å². The maximum Gasteiger partial charge on any atom is 0.131 e. The van der Waals surface area contributed by atoms with Crippen molar-refractivity contribution in [3.05, 3.63) is 276 Å². The van der Waals surface area contributed by atoms with E-state index in [1.54, 1.807) is 24.4 Å². The summed E-state index contributed by atoms with van der Waals surface area (Å²) in [5.74, 6) is -0.502. The topological polar surface area (TPSA) is 25.8 Å². The molecule has 0 unspecified atom stereocenters. The summed E-state index contributed by atoms with van der Waals surface area (Å²) < 4.78 is 40.2. The molecule has 0 aliphatic rings. The minimum absolute atomic E-state index is 0.0489. The van der Waals surface area contributed by atoms with E-state index in [0.717, 1.165) is 32.6 Å². The zero-order valence-electron chi connectivity index (χ0n) is 54.9. The lowest BCUT2D eigenvalue weighted by Gasteiger charge is -2.21. The highest BCUT2D eigenvalue weighted by atomic mass is 19.1. The average Bonchev–Trinajstić information content (AvgIpc) is 1.45. The van der Waals surface area contributed by atoms with Gasteiger partial charge in [-0.3, -0.25) is 9.97 Å². The maximum atomic E-state index is 13.6. The van der Waals surface area contributed by atoms with Crippen molar-refractivity contribution in [1.82, 2.24) is 9.97 Å². The number of rotatable bonds is 0. The van der Waals surface area contributed by atoms with Crippen LogP contribution in [0.1, 0.15) is 158 Å². The van der Waals surface area contributed by atoms with Crippen LogP contribution in [-0.2, 0) is 32.5 Å². The number of benzene rings is 10. The van der Waals surface area contributed by atoms with Crippen molar-refractivity contribution in [3.63, 3.8) is 0 Å². The zero-order chi connectivity index (χ0) is 63.7. The second kappa shape index (κ2) is 27.3. The van der Waals surface area contributed by atoms with Crippen LogP contribution in [0.4, 0.5) is 13.2 Å². The van der Waals surface area contributed by atoms with E-state index in [0.29, 0.717) is 5.39 Å². The van der Waals surface area contributed by atoms with E-state index in [-0.39, 0.29) is 49.9 Å². The summed E-state index contributed by atoms with van der Waals surface area (Å²) >= 11 is 0. The normalized spacial score (nSPS) is 12.0. The van der Waals surface area contributed by atoms with Crippen LogP contribution in [0.25, 0.3) is 64.8 Å². The Morgan fingerprint density at radius 3 is 1.29 bits per heavy atom. The molecule has 0 saturated heterocycles. The lowest BCUT2D eigenvalue weighted by Crippen LogP contribution is -2.12. The molecule has 0 bridgehead atoms. The fourth-order valence-electron chi connectivity index (χ4n) is 10.9. The monoisotopic (exact) mass is 1160 g/mol. The van der Waals surface area contributed by atoms with Gasteiger partial charge in [0.1, 0.15) is 17.5 Å². The Labute approximate surface area is 518 Å². The first kappa shape index (κ1) is 66.4. The van der Waals surface area contributed by atoms with Gasteiger partial charge in [0.05, 0.1) is 5.52 Å². The summed E-state index contributed by atoms with van der Waals surface area (Å²) in [7, 11) is 0. The van der Waals surface area contributed by atoms with Crippen molar-refractivity contribution in [1.29, 1.82) is 0 Å². The highest BCUT2D eigenvalue weighted by Gasteiger charge is 2.22. The molecule has 0 saturated carbocycles. The van der Waals surface area contributed by atoms with Crippen LogP contribution in [0.15, 0.2) is 225 Å². The first-order chi connectivity index (χ1) is 40.7. The molecule has 2 aromatic heterocycles. The number of halogens is 3. The summed E-state index contributed by atoms with van der Waals surface area (Å²) in [5.41, 5.74) is 9.12. The molecule has 10 aromatic carbocycles. The smallest absolute Gasteiger partial charge is 0.131 e. The summed E-state index contributed by atoms with van der Waals surface area (Å²) in [6.45, 7) is 39.3. The number of pyridine rings is 2. The van der Waals surface area contributed by atoms with Gasteiger partial charge < -0.3 is 0 Å². The molecule has 5 heteroatoms. The molecule has 0 atom stereocenters. The minimum Gasteiger partial charge on any atom is -0.264 e. The van der Waals surface area contributed by atoms with Crippen LogP contribution in [0.3, 0.4) is 0 Å². The third kappa shape index (κ3) is 17.5. The highest BCUT2D eigenvalue weighted by molar-refractivity contribution is 5.90. The van der Waals surface area contributed by atoms with E-state index in [9.17, 15) is 13.2 Å².